The van der Waals surface area contributed by atoms with Crippen LogP contribution in [0, 0.1) is 17.3 Å². The van der Waals surface area contributed by atoms with Crippen molar-refractivity contribution in [2.45, 2.75) is 33.1 Å². The summed E-state index contributed by atoms with van der Waals surface area (Å²) in [5.41, 5.74) is 3.73. The van der Waals surface area contributed by atoms with Gasteiger partial charge in [0, 0.05) is 0 Å². The largest absolute Gasteiger partial charge is 0.0844 e. The molecule has 1 saturated carbocycles. The zero-order chi connectivity index (χ0) is 11.2. The number of hydrogen-bond donors (Lipinski definition) is 0. The molecule has 3 aliphatic carbocycles. The van der Waals surface area contributed by atoms with Crippen LogP contribution in [0.4, 0.5) is 0 Å². The topological polar surface area (TPSA) is 0 Å². The Bertz CT molecular complexity index is 411. The second kappa shape index (κ2) is 3.48. The molecule has 16 heavy (non-hydrogen) atoms. The number of hydrogen-bond acceptors (Lipinski definition) is 0. The predicted molar refractivity (Wildman–Crippen MR) is 68.2 cm³/mol. The lowest BCUT2D eigenvalue weighted by Crippen LogP contribution is -2.48. The molecule has 1 aromatic carbocycles. The van der Waals surface area contributed by atoms with Crippen LogP contribution >= 0.6 is 0 Å². The third kappa shape index (κ3) is 1.43. The van der Waals surface area contributed by atoms with E-state index in [1.807, 2.05) is 0 Å². The molecule has 2 atom stereocenters. The van der Waals surface area contributed by atoms with Crippen molar-refractivity contribution in [3.05, 3.63) is 47.5 Å². The number of benzene rings is 1. The average Bonchev–Trinajstić information content (AvgIpc) is 2.30. The number of rotatable bonds is 2. The fraction of sp³-hybridized carbons (Fsp3) is 0.500. The highest BCUT2D eigenvalue weighted by atomic mass is 14.5. The average molecular weight is 212 g/mol. The van der Waals surface area contributed by atoms with E-state index in [-0.39, 0.29) is 0 Å². The van der Waals surface area contributed by atoms with Gasteiger partial charge < -0.3 is 0 Å². The highest BCUT2D eigenvalue weighted by Gasteiger charge is 2.50. The van der Waals surface area contributed by atoms with Crippen LogP contribution in [0.25, 0.3) is 0 Å². The van der Waals surface area contributed by atoms with Gasteiger partial charge >= 0.3 is 0 Å². The Labute approximate surface area is 98.4 Å². The summed E-state index contributed by atoms with van der Waals surface area (Å²) in [6.45, 7) is 4.90. The Balaban J connectivity index is 1.80. The smallest absolute Gasteiger partial charge is 0.00641 e. The van der Waals surface area contributed by atoms with Gasteiger partial charge in [-0.2, -0.15) is 0 Å². The summed E-state index contributed by atoms with van der Waals surface area (Å²) in [5, 5.41) is 0. The van der Waals surface area contributed by atoms with Crippen LogP contribution < -0.4 is 0 Å². The molecule has 0 radical (unpaired) electrons. The van der Waals surface area contributed by atoms with E-state index in [0.29, 0.717) is 5.41 Å². The van der Waals surface area contributed by atoms with E-state index in [9.17, 15) is 0 Å². The quantitative estimate of drug-likeness (QED) is 0.644. The van der Waals surface area contributed by atoms with E-state index in [1.54, 1.807) is 5.57 Å². The van der Waals surface area contributed by atoms with Gasteiger partial charge in [-0.15, -0.1) is 0 Å². The fourth-order valence-corrected chi connectivity index (χ4v) is 3.51. The van der Waals surface area contributed by atoms with Crippen molar-refractivity contribution in [2.75, 3.05) is 0 Å². The molecule has 2 unspecified atom stereocenters. The van der Waals surface area contributed by atoms with Gasteiger partial charge in [-0.3, -0.25) is 0 Å². The zero-order valence-electron chi connectivity index (χ0n) is 10.2. The van der Waals surface area contributed by atoms with Gasteiger partial charge in [0.1, 0.15) is 0 Å². The van der Waals surface area contributed by atoms with Gasteiger partial charge in [0.15, 0.2) is 0 Å². The Morgan fingerprint density at radius 1 is 1.19 bits per heavy atom. The molecule has 1 fully saturated rings. The molecule has 0 nitrogen and oxygen atoms in total. The van der Waals surface area contributed by atoms with Crippen molar-refractivity contribution in [1.82, 2.24) is 0 Å². The van der Waals surface area contributed by atoms with Gasteiger partial charge in [0.2, 0.25) is 0 Å². The van der Waals surface area contributed by atoms with Crippen LogP contribution in [-0.4, -0.2) is 0 Å². The van der Waals surface area contributed by atoms with Crippen molar-refractivity contribution in [3.8, 4) is 0 Å². The van der Waals surface area contributed by atoms with Gasteiger partial charge in [0.25, 0.3) is 0 Å². The molecule has 3 aliphatic rings. The van der Waals surface area contributed by atoms with E-state index in [4.69, 9.17) is 0 Å². The minimum Gasteiger partial charge on any atom is -0.0844 e. The van der Waals surface area contributed by atoms with Crippen molar-refractivity contribution in [3.63, 3.8) is 0 Å². The molecule has 0 saturated heterocycles. The first-order chi connectivity index (χ1) is 7.68. The zero-order valence-corrected chi connectivity index (χ0v) is 10.2. The van der Waals surface area contributed by atoms with E-state index in [1.165, 1.54) is 24.8 Å². The van der Waals surface area contributed by atoms with Crippen LogP contribution in [0.2, 0.25) is 0 Å². The molecule has 1 aromatic rings. The number of fused-ring (bicyclic) bond motifs is 1. The summed E-state index contributed by atoms with van der Waals surface area (Å²) in [6, 6.07) is 10.9. The maximum atomic E-state index is 2.51. The van der Waals surface area contributed by atoms with Gasteiger partial charge in [-0.05, 0) is 42.1 Å². The molecule has 0 amide bonds. The normalized spacial score (nSPS) is 30.5. The summed E-state index contributed by atoms with van der Waals surface area (Å²) >= 11 is 0. The summed E-state index contributed by atoms with van der Waals surface area (Å²) in [7, 11) is 0. The fourth-order valence-electron chi connectivity index (χ4n) is 3.51. The SMILES string of the molecule is CC1(C)C2CC=C(Cc3ccccc3)C1C2. The second-order valence-electron chi connectivity index (χ2n) is 5.98. The van der Waals surface area contributed by atoms with E-state index >= 15 is 0 Å². The first kappa shape index (κ1) is 10.1. The lowest BCUT2D eigenvalue weighted by atomic mass is 9.48. The van der Waals surface area contributed by atoms with Crippen molar-refractivity contribution < 1.29 is 0 Å². The van der Waals surface area contributed by atoms with E-state index in [2.05, 4.69) is 50.3 Å². The molecular formula is C16H20. The van der Waals surface area contributed by atoms with Crippen LogP contribution in [0.5, 0.6) is 0 Å². The maximum absolute atomic E-state index is 2.51. The van der Waals surface area contributed by atoms with E-state index in [0.717, 1.165) is 11.8 Å². The second-order valence-corrected chi connectivity index (χ2v) is 5.98. The minimum absolute atomic E-state index is 0.568. The Hall–Kier alpha value is -1.04. The first-order valence-corrected chi connectivity index (χ1v) is 6.41. The molecule has 84 valence electrons. The van der Waals surface area contributed by atoms with Crippen LogP contribution in [0.15, 0.2) is 42.0 Å². The predicted octanol–water partition coefficient (Wildman–Crippen LogP) is 4.22. The summed E-state index contributed by atoms with van der Waals surface area (Å²) in [5.74, 6) is 1.81. The Morgan fingerprint density at radius 2 is 1.94 bits per heavy atom. The first-order valence-electron chi connectivity index (χ1n) is 6.41. The molecule has 0 heteroatoms. The summed E-state index contributed by atoms with van der Waals surface area (Å²) in [4.78, 5) is 0. The lowest BCUT2D eigenvalue weighted by molar-refractivity contribution is -0.00742. The molecular weight excluding hydrogens is 192 g/mol. The third-order valence-electron chi connectivity index (χ3n) is 4.83. The summed E-state index contributed by atoms with van der Waals surface area (Å²) in [6.07, 6.45) is 6.43. The van der Waals surface area contributed by atoms with Gasteiger partial charge in [-0.1, -0.05) is 55.8 Å². The molecule has 0 heterocycles. The summed E-state index contributed by atoms with van der Waals surface area (Å²) < 4.78 is 0. The van der Waals surface area contributed by atoms with Crippen LogP contribution in [0.3, 0.4) is 0 Å². The molecule has 0 aliphatic heterocycles. The Morgan fingerprint density at radius 3 is 2.56 bits per heavy atom. The van der Waals surface area contributed by atoms with Crippen molar-refractivity contribution in [2.24, 2.45) is 17.3 Å². The third-order valence-corrected chi connectivity index (χ3v) is 4.83. The molecule has 0 N–H and O–H groups in total. The molecule has 2 bridgehead atoms. The highest BCUT2D eigenvalue weighted by molar-refractivity contribution is 5.29. The van der Waals surface area contributed by atoms with Crippen molar-refractivity contribution in [1.29, 1.82) is 0 Å². The lowest BCUT2D eigenvalue weighted by Gasteiger charge is -2.56. The molecule has 0 aromatic heterocycles. The molecule has 0 spiro atoms. The maximum Gasteiger partial charge on any atom is -0.00641 e. The van der Waals surface area contributed by atoms with Crippen LogP contribution in [0.1, 0.15) is 32.3 Å². The number of allylic oxidation sites excluding steroid dienone is 2. The van der Waals surface area contributed by atoms with Crippen molar-refractivity contribution >= 4 is 0 Å². The Kier molecular flexibility index (Phi) is 2.20. The van der Waals surface area contributed by atoms with Gasteiger partial charge in [-0.25, -0.2) is 0 Å². The molecule has 4 rings (SSSR count). The minimum atomic E-state index is 0.568. The highest BCUT2D eigenvalue weighted by Crippen LogP contribution is 2.59. The standard InChI is InChI=1S/C16H20/c1-16(2)14-9-8-13(15(16)11-14)10-12-6-4-3-5-7-12/h3-8,14-15H,9-11H2,1-2H3. The van der Waals surface area contributed by atoms with E-state index < -0.39 is 0 Å². The van der Waals surface area contributed by atoms with Gasteiger partial charge in [0.05, 0.1) is 0 Å². The van der Waals surface area contributed by atoms with Crippen LogP contribution in [-0.2, 0) is 6.42 Å². The monoisotopic (exact) mass is 212 g/mol.